The van der Waals surface area contributed by atoms with Crippen molar-refractivity contribution in [2.45, 2.75) is 6.42 Å². The third-order valence-electron chi connectivity index (χ3n) is 2.73. The Morgan fingerprint density at radius 2 is 2.11 bits per heavy atom. The maximum atomic E-state index is 5.34. The monoisotopic (exact) mass is 253 g/mol. The number of nitrogen functional groups attached to an aromatic ring is 1. The van der Waals surface area contributed by atoms with E-state index >= 15 is 0 Å². The Kier molecular flexibility index (Phi) is 4.11. The fourth-order valence-corrected chi connectivity index (χ4v) is 1.69. The van der Waals surface area contributed by atoms with Crippen molar-refractivity contribution in [3.05, 3.63) is 0 Å². The number of aromatic nitrogens is 3. The first-order valence-electron chi connectivity index (χ1n) is 5.90. The lowest BCUT2D eigenvalue weighted by Crippen LogP contribution is -2.21. The lowest BCUT2D eigenvalue weighted by Gasteiger charge is -2.14. The zero-order valence-corrected chi connectivity index (χ0v) is 10.7. The molecule has 0 amide bonds. The highest BCUT2D eigenvalue weighted by molar-refractivity contribution is 5.42. The summed E-state index contributed by atoms with van der Waals surface area (Å²) in [5, 5.41) is 3.19. The number of anilines is 3. The van der Waals surface area contributed by atoms with Crippen LogP contribution in [0.3, 0.4) is 0 Å². The van der Waals surface area contributed by atoms with Crippen LogP contribution in [-0.2, 0) is 4.74 Å². The Hall–Kier alpha value is -1.67. The molecule has 0 bridgehead atoms. The van der Waals surface area contributed by atoms with Gasteiger partial charge in [-0.25, -0.2) is 5.84 Å². The summed E-state index contributed by atoms with van der Waals surface area (Å²) in [5.41, 5.74) is 2.44. The van der Waals surface area contributed by atoms with Crippen molar-refractivity contribution in [3.63, 3.8) is 0 Å². The van der Waals surface area contributed by atoms with Crippen molar-refractivity contribution in [2.75, 3.05) is 49.5 Å². The van der Waals surface area contributed by atoms with Crippen LogP contribution in [0, 0.1) is 5.92 Å². The van der Waals surface area contributed by atoms with E-state index in [-0.39, 0.29) is 0 Å². The molecule has 1 aromatic heterocycles. The van der Waals surface area contributed by atoms with Crippen molar-refractivity contribution in [2.24, 2.45) is 11.8 Å². The van der Waals surface area contributed by atoms with Crippen molar-refractivity contribution in [1.82, 2.24) is 15.0 Å². The molecule has 1 aliphatic rings. The SMILES string of the molecule is CN(C)c1nc(NN)nc(NCC2CCOC2)n1. The zero-order valence-electron chi connectivity index (χ0n) is 10.7. The van der Waals surface area contributed by atoms with Gasteiger partial charge >= 0.3 is 0 Å². The molecule has 2 rings (SSSR count). The topological polar surface area (TPSA) is 101 Å². The predicted octanol–water partition coefficient (Wildman–Crippen LogP) is -0.328. The van der Waals surface area contributed by atoms with Crippen LogP contribution in [0.4, 0.5) is 17.8 Å². The third kappa shape index (κ3) is 3.17. The van der Waals surface area contributed by atoms with E-state index in [0.29, 0.717) is 23.8 Å². The van der Waals surface area contributed by atoms with Crippen LogP contribution in [0.2, 0.25) is 0 Å². The molecule has 0 spiro atoms. The first-order chi connectivity index (χ1) is 8.69. The summed E-state index contributed by atoms with van der Waals surface area (Å²) in [5.74, 6) is 7.28. The number of hydrazine groups is 1. The van der Waals surface area contributed by atoms with Gasteiger partial charge in [-0.15, -0.1) is 0 Å². The quantitative estimate of drug-likeness (QED) is 0.484. The van der Waals surface area contributed by atoms with Gasteiger partial charge in [-0.3, -0.25) is 5.43 Å². The van der Waals surface area contributed by atoms with E-state index in [1.165, 1.54) is 0 Å². The van der Waals surface area contributed by atoms with Gasteiger partial charge in [0, 0.05) is 33.2 Å². The second-order valence-electron chi connectivity index (χ2n) is 4.43. The summed E-state index contributed by atoms with van der Waals surface area (Å²) < 4.78 is 5.32. The van der Waals surface area contributed by atoms with Gasteiger partial charge in [0.05, 0.1) is 6.61 Å². The van der Waals surface area contributed by atoms with Crippen LogP contribution in [0.15, 0.2) is 0 Å². The Balaban J connectivity index is 2.03. The van der Waals surface area contributed by atoms with Crippen molar-refractivity contribution >= 4 is 17.8 Å². The Morgan fingerprint density at radius 1 is 1.33 bits per heavy atom. The van der Waals surface area contributed by atoms with Crippen LogP contribution >= 0.6 is 0 Å². The van der Waals surface area contributed by atoms with E-state index in [9.17, 15) is 0 Å². The summed E-state index contributed by atoms with van der Waals surface area (Å²) in [6.07, 6.45) is 1.07. The maximum absolute atomic E-state index is 5.34. The van der Waals surface area contributed by atoms with Crippen LogP contribution in [-0.4, -0.2) is 48.8 Å². The predicted molar refractivity (Wildman–Crippen MR) is 69.4 cm³/mol. The molecule has 100 valence electrons. The van der Waals surface area contributed by atoms with Gasteiger partial charge in [0.1, 0.15) is 0 Å². The highest BCUT2D eigenvalue weighted by Gasteiger charge is 2.16. The number of nitrogens with zero attached hydrogens (tertiary/aromatic N) is 4. The molecule has 2 heterocycles. The molecule has 1 unspecified atom stereocenters. The lowest BCUT2D eigenvalue weighted by atomic mass is 10.1. The average Bonchev–Trinajstić information content (AvgIpc) is 2.89. The summed E-state index contributed by atoms with van der Waals surface area (Å²) in [7, 11) is 3.73. The van der Waals surface area contributed by atoms with Gasteiger partial charge < -0.3 is 15.0 Å². The van der Waals surface area contributed by atoms with Gasteiger partial charge in [-0.1, -0.05) is 0 Å². The molecular formula is C10H19N7O. The normalized spacial score (nSPS) is 18.7. The highest BCUT2D eigenvalue weighted by Crippen LogP contribution is 2.14. The minimum Gasteiger partial charge on any atom is -0.381 e. The Labute approximate surface area is 106 Å². The van der Waals surface area contributed by atoms with E-state index < -0.39 is 0 Å². The second kappa shape index (κ2) is 5.78. The van der Waals surface area contributed by atoms with Crippen LogP contribution in [0.25, 0.3) is 0 Å². The number of ether oxygens (including phenoxy) is 1. The molecule has 8 heteroatoms. The summed E-state index contributed by atoms with van der Waals surface area (Å²) in [6.45, 7) is 2.42. The molecule has 1 aromatic rings. The highest BCUT2D eigenvalue weighted by atomic mass is 16.5. The molecule has 0 saturated carbocycles. The van der Waals surface area contributed by atoms with E-state index in [2.05, 4.69) is 25.7 Å². The smallest absolute Gasteiger partial charge is 0.243 e. The van der Waals surface area contributed by atoms with E-state index in [1.54, 1.807) is 4.90 Å². The second-order valence-corrected chi connectivity index (χ2v) is 4.43. The molecule has 0 radical (unpaired) electrons. The fourth-order valence-electron chi connectivity index (χ4n) is 1.69. The summed E-state index contributed by atoms with van der Waals surface area (Å²) >= 11 is 0. The van der Waals surface area contributed by atoms with Crippen LogP contribution in [0.1, 0.15) is 6.42 Å². The largest absolute Gasteiger partial charge is 0.381 e. The first kappa shape index (κ1) is 12.8. The van der Waals surface area contributed by atoms with Crippen molar-refractivity contribution in [1.29, 1.82) is 0 Å². The minimum absolute atomic E-state index is 0.346. The standard InChI is InChI=1S/C10H19N7O/c1-17(2)10-14-8(13-9(15-10)16-11)12-5-7-3-4-18-6-7/h7H,3-6,11H2,1-2H3,(H2,12,13,14,15,16). The molecule has 8 nitrogen and oxygen atoms in total. The number of hydrogen-bond donors (Lipinski definition) is 3. The number of hydrogen-bond acceptors (Lipinski definition) is 8. The van der Waals surface area contributed by atoms with Gasteiger partial charge in [0.25, 0.3) is 0 Å². The number of nitrogens with one attached hydrogen (secondary N) is 2. The van der Waals surface area contributed by atoms with Crippen LogP contribution < -0.4 is 21.5 Å². The van der Waals surface area contributed by atoms with Gasteiger partial charge in [0.2, 0.25) is 17.8 Å². The summed E-state index contributed by atoms with van der Waals surface area (Å²) in [4.78, 5) is 14.4. The van der Waals surface area contributed by atoms with E-state index in [1.807, 2.05) is 14.1 Å². The number of nitrogens with two attached hydrogens (primary N) is 1. The summed E-state index contributed by atoms with van der Waals surface area (Å²) in [6, 6.07) is 0. The molecule has 1 fully saturated rings. The minimum atomic E-state index is 0.346. The van der Waals surface area contributed by atoms with Crippen LogP contribution in [0.5, 0.6) is 0 Å². The average molecular weight is 253 g/mol. The molecule has 4 N–H and O–H groups in total. The molecule has 0 aliphatic carbocycles. The Bertz CT molecular complexity index is 392. The molecule has 18 heavy (non-hydrogen) atoms. The van der Waals surface area contributed by atoms with Crippen molar-refractivity contribution in [3.8, 4) is 0 Å². The first-order valence-corrected chi connectivity index (χ1v) is 5.90. The lowest BCUT2D eigenvalue weighted by molar-refractivity contribution is 0.187. The molecule has 0 aromatic carbocycles. The van der Waals surface area contributed by atoms with Crippen molar-refractivity contribution < 1.29 is 4.74 Å². The molecule has 1 aliphatic heterocycles. The van der Waals surface area contributed by atoms with E-state index in [4.69, 9.17) is 10.6 Å². The van der Waals surface area contributed by atoms with E-state index in [0.717, 1.165) is 26.2 Å². The fraction of sp³-hybridized carbons (Fsp3) is 0.700. The third-order valence-corrected chi connectivity index (χ3v) is 2.73. The molecular weight excluding hydrogens is 234 g/mol. The molecule has 1 saturated heterocycles. The van der Waals surface area contributed by atoms with Gasteiger partial charge in [-0.05, 0) is 6.42 Å². The zero-order chi connectivity index (χ0) is 13.0. The molecule has 1 atom stereocenters. The Morgan fingerprint density at radius 3 is 2.72 bits per heavy atom. The number of rotatable bonds is 5. The maximum Gasteiger partial charge on any atom is 0.243 e. The van der Waals surface area contributed by atoms with Gasteiger partial charge in [0.15, 0.2) is 0 Å². The van der Waals surface area contributed by atoms with Gasteiger partial charge in [-0.2, -0.15) is 15.0 Å².